The zero-order chi connectivity index (χ0) is 16.6. The second kappa shape index (κ2) is 6.16. The zero-order valence-corrected chi connectivity index (χ0v) is 13.8. The summed E-state index contributed by atoms with van der Waals surface area (Å²) in [6, 6.07) is 4.47. The summed E-state index contributed by atoms with van der Waals surface area (Å²) in [4.78, 5) is 22.8. The van der Waals surface area contributed by atoms with Gasteiger partial charge in [-0.1, -0.05) is 12.8 Å². The van der Waals surface area contributed by atoms with Gasteiger partial charge in [-0.15, -0.1) is 0 Å². The summed E-state index contributed by atoms with van der Waals surface area (Å²) in [6.07, 6.45) is 6.50. The van der Waals surface area contributed by atoms with E-state index in [1.165, 1.54) is 25.0 Å². The van der Waals surface area contributed by atoms with Crippen molar-refractivity contribution >= 4 is 16.9 Å². The van der Waals surface area contributed by atoms with Crippen LogP contribution >= 0.6 is 0 Å². The number of nitrogens with one attached hydrogen (secondary N) is 2. The number of imidazole rings is 1. The number of aromatic nitrogens is 2. The number of benzene rings is 1. The molecule has 1 amide bonds. The molecule has 1 saturated carbocycles. The maximum absolute atomic E-state index is 13.3. The molecule has 2 N–H and O–H groups in total. The van der Waals surface area contributed by atoms with Gasteiger partial charge in [0.2, 0.25) is 5.91 Å². The fourth-order valence-electron chi connectivity index (χ4n) is 4.24. The molecular formula is C18H23FN4O. The van der Waals surface area contributed by atoms with Crippen LogP contribution < -0.4 is 5.32 Å². The van der Waals surface area contributed by atoms with Gasteiger partial charge in [0.25, 0.3) is 0 Å². The third-order valence-electron chi connectivity index (χ3n) is 5.47. The fraction of sp³-hybridized carbons (Fsp3) is 0.556. The molecule has 1 aromatic heterocycles. The predicted molar refractivity (Wildman–Crippen MR) is 89.9 cm³/mol. The topological polar surface area (TPSA) is 61.0 Å². The smallest absolute Gasteiger partial charge is 0.240 e. The van der Waals surface area contributed by atoms with E-state index in [1.807, 2.05) is 0 Å². The summed E-state index contributed by atoms with van der Waals surface area (Å²) in [6.45, 7) is 2.40. The molecule has 1 saturated heterocycles. The normalized spacial score (nSPS) is 20.7. The van der Waals surface area contributed by atoms with E-state index in [-0.39, 0.29) is 17.3 Å². The van der Waals surface area contributed by atoms with Crippen molar-refractivity contribution in [3.63, 3.8) is 0 Å². The first kappa shape index (κ1) is 15.6. The molecule has 2 aromatic rings. The standard InChI is InChI=1S/C18H23FN4O/c19-13-5-6-14-15(11-13)22-16(21-14)12-20-17(24)18(7-1-2-8-18)23-9-3-4-10-23/h5-6,11H,1-4,7-10,12H2,(H,20,24)(H,21,22). The quantitative estimate of drug-likeness (QED) is 0.906. The molecule has 0 atom stereocenters. The molecule has 0 spiro atoms. The number of hydrogen-bond donors (Lipinski definition) is 2. The van der Waals surface area contributed by atoms with Crippen molar-refractivity contribution in [2.45, 2.75) is 50.6 Å². The zero-order valence-electron chi connectivity index (χ0n) is 13.8. The lowest BCUT2D eigenvalue weighted by Crippen LogP contribution is -2.56. The van der Waals surface area contributed by atoms with Gasteiger partial charge in [-0.05, 0) is 57.0 Å². The van der Waals surface area contributed by atoms with Crippen molar-refractivity contribution in [1.29, 1.82) is 0 Å². The number of rotatable bonds is 4. The van der Waals surface area contributed by atoms with Gasteiger partial charge < -0.3 is 10.3 Å². The Kier molecular flexibility index (Phi) is 4.00. The molecule has 1 aromatic carbocycles. The summed E-state index contributed by atoms with van der Waals surface area (Å²) in [5.74, 6) is 0.493. The number of carbonyl (C=O) groups excluding carboxylic acids is 1. The number of nitrogens with zero attached hydrogens (tertiary/aromatic N) is 2. The number of aromatic amines is 1. The van der Waals surface area contributed by atoms with Crippen molar-refractivity contribution in [3.8, 4) is 0 Å². The molecular weight excluding hydrogens is 307 g/mol. The van der Waals surface area contributed by atoms with Gasteiger partial charge in [0.1, 0.15) is 17.2 Å². The van der Waals surface area contributed by atoms with E-state index >= 15 is 0 Å². The number of carbonyl (C=O) groups is 1. The monoisotopic (exact) mass is 330 g/mol. The highest BCUT2D eigenvalue weighted by Gasteiger charge is 2.46. The van der Waals surface area contributed by atoms with Crippen molar-refractivity contribution in [3.05, 3.63) is 29.8 Å². The van der Waals surface area contributed by atoms with Crippen LogP contribution in [-0.4, -0.2) is 39.4 Å². The third kappa shape index (κ3) is 2.69. The predicted octanol–water partition coefficient (Wildman–Crippen LogP) is 2.73. The number of halogens is 1. The lowest BCUT2D eigenvalue weighted by molar-refractivity contribution is -0.133. The molecule has 2 aliphatic rings. The average Bonchev–Trinajstić information content (AvgIpc) is 3.30. The van der Waals surface area contributed by atoms with Gasteiger partial charge in [-0.25, -0.2) is 9.37 Å². The van der Waals surface area contributed by atoms with Crippen molar-refractivity contribution in [2.24, 2.45) is 0 Å². The largest absolute Gasteiger partial charge is 0.347 e. The van der Waals surface area contributed by atoms with Crippen molar-refractivity contribution in [1.82, 2.24) is 20.2 Å². The molecule has 1 aliphatic heterocycles. The number of amides is 1. The van der Waals surface area contributed by atoms with E-state index < -0.39 is 0 Å². The lowest BCUT2D eigenvalue weighted by atomic mass is 9.94. The van der Waals surface area contributed by atoms with E-state index in [0.717, 1.165) is 44.3 Å². The Morgan fingerprint density at radius 3 is 2.75 bits per heavy atom. The minimum atomic E-state index is -0.325. The van der Waals surface area contributed by atoms with E-state index in [2.05, 4.69) is 20.2 Å². The highest BCUT2D eigenvalue weighted by atomic mass is 19.1. The van der Waals surface area contributed by atoms with Gasteiger partial charge in [-0.2, -0.15) is 0 Å². The first-order valence-corrected chi connectivity index (χ1v) is 8.85. The summed E-state index contributed by atoms with van der Waals surface area (Å²) in [5.41, 5.74) is 1.05. The van der Waals surface area contributed by atoms with Crippen LogP contribution in [-0.2, 0) is 11.3 Å². The number of fused-ring (bicyclic) bond motifs is 1. The second-order valence-electron chi connectivity index (χ2n) is 6.96. The number of hydrogen-bond acceptors (Lipinski definition) is 3. The third-order valence-corrected chi connectivity index (χ3v) is 5.47. The van der Waals surface area contributed by atoms with E-state index in [0.29, 0.717) is 17.9 Å². The fourth-order valence-corrected chi connectivity index (χ4v) is 4.24. The molecule has 6 heteroatoms. The van der Waals surface area contributed by atoms with Crippen LogP contribution in [0.2, 0.25) is 0 Å². The van der Waals surface area contributed by atoms with Gasteiger partial charge in [0, 0.05) is 0 Å². The molecule has 0 radical (unpaired) electrons. The first-order chi connectivity index (χ1) is 11.7. The molecule has 1 aliphatic carbocycles. The molecule has 2 heterocycles. The van der Waals surface area contributed by atoms with E-state index in [4.69, 9.17) is 0 Å². The van der Waals surface area contributed by atoms with E-state index in [1.54, 1.807) is 6.07 Å². The Balaban J connectivity index is 1.48. The molecule has 4 rings (SSSR count). The van der Waals surface area contributed by atoms with Crippen LogP contribution in [0.15, 0.2) is 18.2 Å². The Hall–Kier alpha value is -1.95. The highest BCUT2D eigenvalue weighted by Crippen LogP contribution is 2.37. The van der Waals surface area contributed by atoms with Gasteiger partial charge in [0.05, 0.1) is 17.6 Å². The van der Waals surface area contributed by atoms with E-state index in [9.17, 15) is 9.18 Å². The van der Waals surface area contributed by atoms with Gasteiger partial charge in [-0.3, -0.25) is 9.69 Å². The number of likely N-dealkylation sites (tertiary alicyclic amines) is 1. The average molecular weight is 330 g/mol. The Bertz CT molecular complexity index is 745. The summed E-state index contributed by atoms with van der Waals surface area (Å²) >= 11 is 0. The highest BCUT2D eigenvalue weighted by molar-refractivity contribution is 5.86. The van der Waals surface area contributed by atoms with Crippen LogP contribution in [0.3, 0.4) is 0 Å². The summed E-state index contributed by atoms with van der Waals surface area (Å²) in [5, 5.41) is 3.07. The van der Waals surface area contributed by atoms with Crippen LogP contribution in [0.25, 0.3) is 11.0 Å². The lowest BCUT2D eigenvalue weighted by Gasteiger charge is -2.37. The second-order valence-corrected chi connectivity index (χ2v) is 6.96. The molecule has 5 nitrogen and oxygen atoms in total. The molecule has 128 valence electrons. The minimum absolute atomic E-state index is 0.119. The van der Waals surface area contributed by atoms with Crippen LogP contribution in [0.1, 0.15) is 44.3 Å². The van der Waals surface area contributed by atoms with Crippen LogP contribution in [0.5, 0.6) is 0 Å². The maximum atomic E-state index is 13.3. The van der Waals surface area contributed by atoms with Crippen molar-refractivity contribution < 1.29 is 9.18 Å². The molecule has 2 fully saturated rings. The molecule has 0 unspecified atom stereocenters. The first-order valence-electron chi connectivity index (χ1n) is 8.85. The van der Waals surface area contributed by atoms with Crippen molar-refractivity contribution in [2.75, 3.05) is 13.1 Å². The van der Waals surface area contributed by atoms with Gasteiger partial charge >= 0.3 is 0 Å². The Labute approximate surface area is 140 Å². The SMILES string of the molecule is O=C(NCc1nc2ccc(F)cc2[nH]1)C1(N2CCCC2)CCCC1. The summed E-state index contributed by atoms with van der Waals surface area (Å²) < 4.78 is 13.3. The van der Waals surface area contributed by atoms with Gasteiger partial charge in [0.15, 0.2) is 0 Å². The maximum Gasteiger partial charge on any atom is 0.240 e. The number of H-pyrrole nitrogens is 1. The minimum Gasteiger partial charge on any atom is -0.347 e. The van der Waals surface area contributed by atoms with Crippen LogP contribution in [0.4, 0.5) is 4.39 Å². The Morgan fingerprint density at radius 1 is 1.25 bits per heavy atom. The Morgan fingerprint density at radius 2 is 2.00 bits per heavy atom. The molecule has 24 heavy (non-hydrogen) atoms. The summed E-state index contributed by atoms with van der Waals surface area (Å²) in [7, 11) is 0. The van der Waals surface area contributed by atoms with Crippen LogP contribution in [0, 0.1) is 5.82 Å². The molecule has 0 bridgehead atoms.